The summed E-state index contributed by atoms with van der Waals surface area (Å²) in [6.07, 6.45) is 5.79. The second kappa shape index (κ2) is 8.60. The van der Waals surface area contributed by atoms with Gasteiger partial charge in [-0.25, -0.2) is 0 Å². The van der Waals surface area contributed by atoms with E-state index in [9.17, 15) is 0 Å². The molecule has 3 rings (SSSR count). The highest BCUT2D eigenvalue weighted by Crippen LogP contribution is 2.35. The van der Waals surface area contributed by atoms with Gasteiger partial charge in [-0.3, -0.25) is 0 Å². The molecule has 2 saturated heterocycles. The molecule has 1 aromatic rings. The minimum atomic E-state index is 0. The molecule has 0 radical (unpaired) electrons. The second-order valence-corrected chi connectivity index (χ2v) is 7.18. The van der Waals surface area contributed by atoms with Crippen LogP contribution >= 0.6 is 35.8 Å². The van der Waals surface area contributed by atoms with Crippen molar-refractivity contribution in [3.63, 3.8) is 0 Å². The summed E-state index contributed by atoms with van der Waals surface area (Å²) < 4.78 is 0. The molecule has 3 heterocycles. The first-order valence-electron chi connectivity index (χ1n) is 7.99. The zero-order chi connectivity index (χ0) is 15.5. The number of halogens is 2. The van der Waals surface area contributed by atoms with Crippen molar-refractivity contribution in [3.05, 3.63) is 5.15 Å². The van der Waals surface area contributed by atoms with Crippen molar-refractivity contribution in [2.75, 3.05) is 62.4 Å². The lowest BCUT2D eigenvalue weighted by Gasteiger charge is -2.35. The molecular formula is C15H25Cl2N5S. The average molecular weight is 378 g/mol. The molecule has 0 saturated carbocycles. The van der Waals surface area contributed by atoms with Gasteiger partial charge in [-0.1, -0.05) is 11.6 Å². The van der Waals surface area contributed by atoms with Gasteiger partial charge >= 0.3 is 0 Å². The number of piperazine rings is 1. The number of likely N-dealkylation sites (N-methyl/N-ethyl adjacent to an activating group) is 1. The first-order chi connectivity index (χ1) is 10.7. The zero-order valence-electron chi connectivity index (χ0n) is 13.8. The number of nitrogens with zero attached hydrogens (tertiary/aromatic N) is 5. The van der Waals surface area contributed by atoms with Crippen LogP contribution in [0.3, 0.4) is 0 Å². The van der Waals surface area contributed by atoms with E-state index in [4.69, 9.17) is 16.6 Å². The van der Waals surface area contributed by atoms with Crippen LogP contribution in [-0.4, -0.2) is 67.4 Å². The van der Waals surface area contributed by atoms with Crippen molar-refractivity contribution >= 4 is 47.5 Å². The Kier molecular flexibility index (Phi) is 7.07. The Bertz CT molecular complexity index is 517. The molecule has 0 aromatic carbocycles. The van der Waals surface area contributed by atoms with Crippen LogP contribution < -0.4 is 9.80 Å². The lowest BCUT2D eigenvalue weighted by Crippen LogP contribution is -2.45. The molecule has 0 unspecified atom stereocenters. The summed E-state index contributed by atoms with van der Waals surface area (Å²) in [5.41, 5.74) is 0. The van der Waals surface area contributed by atoms with E-state index in [1.807, 2.05) is 6.26 Å². The normalized spacial score (nSPS) is 19.6. The van der Waals surface area contributed by atoms with E-state index in [0.29, 0.717) is 5.15 Å². The van der Waals surface area contributed by atoms with Crippen LogP contribution in [0.5, 0.6) is 0 Å². The first kappa shape index (κ1) is 18.9. The molecule has 0 N–H and O–H groups in total. The number of rotatable bonds is 3. The molecule has 2 aliphatic rings. The largest absolute Gasteiger partial charge is 0.353 e. The molecule has 0 spiro atoms. The van der Waals surface area contributed by atoms with Crippen LogP contribution in [0.25, 0.3) is 0 Å². The fourth-order valence-electron chi connectivity index (χ4n) is 3.04. The third-order valence-corrected chi connectivity index (χ3v) is 5.61. The lowest BCUT2D eigenvalue weighted by atomic mass is 10.1. The van der Waals surface area contributed by atoms with Crippen LogP contribution in [0, 0.1) is 0 Å². The van der Waals surface area contributed by atoms with E-state index in [0.717, 1.165) is 55.9 Å². The van der Waals surface area contributed by atoms with E-state index in [-0.39, 0.29) is 12.4 Å². The van der Waals surface area contributed by atoms with Gasteiger partial charge in [-0.05, 0) is 32.6 Å². The SMILES string of the molecule is CSc1c(Cl)nc(N2CCCCC2)nc1N1CCN(C)CC1.Cl. The number of hydrogen-bond acceptors (Lipinski definition) is 6. The number of anilines is 2. The molecular weight excluding hydrogens is 353 g/mol. The van der Waals surface area contributed by atoms with Gasteiger partial charge in [-0.2, -0.15) is 9.97 Å². The first-order valence-corrected chi connectivity index (χ1v) is 9.59. The third kappa shape index (κ3) is 4.35. The Morgan fingerprint density at radius 2 is 1.57 bits per heavy atom. The van der Waals surface area contributed by atoms with Crippen molar-refractivity contribution in [3.8, 4) is 0 Å². The van der Waals surface area contributed by atoms with Gasteiger partial charge in [0.1, 0.15) is 11.0 Å². The fourth-order valence-corrected chi connectivity index (χ4v) is 4.01. The number of thioether (sulfide) groups is 1. The summed E-state index contributed by atoms with van der Waals surface area (Å²) in [5, 5.41) is 0.594. The van der Waals surface area contributed by atoms with Gasteiger partial charge in [0.15, 0.2) is 0 Å². The predicted octanol–water partition coefficient (Wildman–Crippen LogP) is 3.02. The molecule has 1 aromatic heterocycles. The summed E-state index contributed by atoms with van der Waals surface area (Å²) >= 11 is 8.11. The summed E-state index contributed by atoms with van der Waals surface area (Å²) in [7, 11) is 2.17. The maximum absolute atomic E-state index is 6.47. The highest BCUT2D eigenvalue weighted by atomic mass is 35.5. The molecule has 0 aliphatic carbocycles. The summed E-state index contributed by atoms with van der Waals surface area (Å²) in [4.78, 5) is 17.4. The minimum absolute atomic E-state index is 0. The van der Waals surface area contributed by atoms with Gasteiger partial charge < -0.3 is 14.7 Å². The Morgan fingerprint density at radius 3 is 2.17 bits per heavy atom. The molecule has 5 nitrogen and oxygen atoms in total. The summed E-state index contributed by atoms with van der Waals surface area (Å²) in [6, 6.07) is 0. The molecule has 2 aliphatic heterocycles. The van der Waals surface area contributed by atoms with Crippen molar-refractivity contribution < 1.29 is 0 Å². The summed E-state index contributed by atoms with van der Waals surface area (Å²) in [5.74, 6) is 1.82. The molecule has 8 heteroatoms. The molecule has 2 fully saturated rings. The van der Waals surface area contributed by atoms with Gasteiger partial charge in [-0.15, -0.1) is 24.2 Å². The Hall–Kier alpha value is -0.430. The van der Waals surface area contributed by atoms with Crippen LogP contribution in [-0.2, 0) is 0 Å². The van der Waals surface area contributed by atoms with Crippen molar-refractivity contribution in [2.45, 2.75) is 24.2 Å². The highest BCUT2D eigenvalue weighted by Gasteiger charge is 2.23. The van der Waals surface area contributed by atoms with E-state index in [1.54, 1.807) is 11.8 Å². The van der Waals surface area contributed by atoms with Gasteiger partial charge in [0.05, 0.1) is 4.90 Å². The Labute approximate surface area is 154 Å². The quantitative estimate of drug-likeness (QED) is 0.594. The molecule has 0 amide bonds. The summed E-state index contributed by atoms with van der Waals surface area (Å²) in [6.45, 7) is 6.20. The standard InChI is InChI=1S/C15H24ClN5S.ClH/c1-19-8-10-20(11-9-19)14-12(22-2)13(16)17-15(18-14)21-6-4-3-5-7-21;/h3-11H2,1-2H3;1H. The van der Waals surface area contributed by atoms with Crippen LogP contribution in [0.2, 0.25) is 5.15 Å². The monoisotopic (exact) mass is 377 g/mol. The van der Waals surface area contributed by atoms with E-state index in [2.05, 4.69) is 26.7 Å². The van der Waals surface area contributed by atoms with Crippen molar-refractivity contribution in [1.82, 2.24) is 14.9 Å². The van der Waals surface area contributed by atoms with Crippen LogP contribution in [0.1, 0.15) is 19.3 Å². The number of piperidine rings is 1. The highest BCUT2D eigenvalue weighted by molar-refractivity contribution is 7.98. The smallest absolute Gasteiger partial charge is 0.228 e. The molecule has 23 heavy (non-hydrogen) atoms. The third-order valence-electron chi connectivity index (χ3n) is 4.44. The van der Waals surface area contributed by atoms with Gasteiger partial charge in [0.2, 0.25) is 5.95 Å². The van der Waals surface area contributed by atoms with Crippen LogP contribution in [0.4, 0.5) is 11.8 Å². The van der Waals surface area contributed by atoms with Crippen molar-refractivity contribution in [1.29, 1.82) is 0 Å². The van der Waals surface area contributed by atoms with Crippen molar-refractivity contribution in [2.24, 2.45) is 0 Å². The zero-order valence-corrected chi connectivity index (χ0v) is 16.2. The fraction of sp³-hybridized carbons (Fsp3) is 0.733. The van der Waals surface area contributed by atoms with E-state index < -0.39 is 0 Å². The lowest BCUT2D eigenvalue weighted by molar-refractivity contribution is 0.311. The number of hydrogen-bond donors (Lipinski definition) is 0. The minimum Gasteiger partial charge on any atom is -0.353 e. The van der Waals surface area contributed by atoms with Gasteiger partial charge in [0.25, 0.3) is 0 Å². The molecule has 0 atom stereocenters. The second-order valence-electron chi connectivity index (χ2n) is 6.01. The van der Waals surface area contributed by atoms with E-state index in [1.165, 1.54) is 19.3 Å². The number of aromatic nitrogens is 2. The maximum Gasteiger partial charge on any atom is 0.228 e. The molecule has 130 valence electrons. The Balaban J connectivity index is 0.00000192. The topological polar surface area (TPSA) is 35.5 Å². The van der Waals surface area contributed by atoms with Crippen LogP contribution in [0.15, 0.2) is 4.90 Å². The van der Waals surface area contributed by atoms with E-state index >= 15 is 0 Å². The van der Waals surface area contributed by atoms with Gasteiger partial charge in [0, 0.05) is 39.3 Å². The average Bonchev–Trinajstić information content (AvgIpc) is 2.55. The Morgan fingerprint density at radius 1 is 0.913 bits per heavy atom. The maximum atomic E-state index is 6.47. The predicted molar refractivity (Wildman–Crippen MR) is 102 cm³/mol. The molecule has 0 bridgehead atoms.